The number of piperidine rings is 1. The Labute approximate surface area is 223 Å². The second-order valence-corrected chi connectivity index (χ2v) is 12.4. The number of nitrogens with zero attached hydrogens (tertiary/aromatic N) is 3. The number of oxime groups is 1. The maximum atomic E-state index is 13.6. The van der Waals surface area contributed by atoms with Crippen LogP contribution in [-0.4, -0.2) is 73.0 Å². The maximum Gasteiger partial charge on any atom is 0.311 e. The van der Waals surface area contributed by atoms with Gasteiger partial charge in [0, 0.05) is 51.1 Å². The molecule has 3 aliphatic heterocycles. The topological polar surface area (TPSA) is 63.6 Å². The van der Waals surface area contributed by atoms with Crippen LogP contribution in [0.15, 0.2) is 17.3 Å². The van der Waals surface area contributed by atoms with Gasteiger partial charge >= 0.3 is 5.97 Å². The fourth-order valence-corrected chi connectivity index (χ4v) is 6.69. The van der Waals surface area contributed by atoms with Gasteiger partial charge in [-0.25, -0.2) is 8.78 Å². The molecule has 5 aliphatic rings. The summed E-state index contributed by atoms with van der Waals surface area (Å²) in [6.07, 6.45) is 4.45. The molecule has 2 aliphatic carbocycles. The van der Waals surface area contributed by atoms with Crippen molar-refractivity contribution in [2.75, 3.05) is 39.9 Å². The zero-order chi connectivity index (χ0) is 26.7. The molecule has 0 unspecified atom stereocenters. The minimum absolute atomic E-state index is 0.0530. The van der Waals surface area contributed by atoms with Gasteiger partial charge in [-0.1, -0.05) is 11.2 Å². The first-order valence-electron chi connectivity index (χ1n) is 14.1. The molecule has 1 aromatic rings. The average Bonchev–Trinajstić information content (AvgIpc) is 3.61. The number of halogens is 2. The molecule has 0 aromatic heterocycles. The van der Waals surface area contributed by atoms with Gasteiger partial charge in [-0.15, -0.1) is 0 Å². The van der Waals surface area contributed by atoms with E-state index in [2.05, 4.69) is 21.0 Å². The van der Waals surface area contributed by atoms with Gasteiger partial charge in [-0.2, -0.15) is 0 Å². The van der Waals surface area contributed by atoms with Crippen molar-refractivity contribution in [1.29, 1.82) is 0 Å². The van der Waals surface area contributed by atoms with Gasteiger partial charge in [0.2, 0.25) is 5.92 Å². The summed E-state index contributed by atoms with van der Waals surface area (Å²) in [4.78, 5) is 22.9. The molecule has 0 N–H and O–H groups in total. The summed E-state index contributed by atoms with van der Waals surface area (Å²) in [7, 11) is 1.66. The fourth-order valence-electron chi connectivity index (χ4n) is 6.69. The SMILES string of the molecule is CCOC(=O)C1(C)CCN(C2=NOC3(C2)CN(Cc2cc(C4CC4)c(C4CC(F)(F)C4)cc2OC)C3)CC1. The lowest BCUT2D eigenvalue weighted by Gasteiger charge is -2.46. The van der Waals surface area contributed by atoms with E-state index in [0.29, 0.717) is 12.5 Å². The first-order valence-corrected chi connectivity index (χ1v) is 14.1. The van der Waals surface area contributed by atoms with Crippen molar-refractivity contribution in [3.05, 3.63) is 28.8 Å². The number of ether oxygens (including phenoxy) is 2. The van der Waals surface area contributed by atoms with Crippen LogP contribution in [0.25, 0.3) is 0 Å². The molecular weight excluding hydrogens is 492 g/mol. The lowest BCUT2D eigenvalue weighted by molar-refractivity contribution is -0.156. The first kappa shape index (κ1) is 25.8. The van der Waals surface area contributed by atoms with Crippen molar-refractivity contribution in [3.63, 3.8) is 0 Å². The highest BCUT2D eigenvalue weighted by Crippen LogP contribution is 2.54. The van der Waals surface area contributed by atoms with E-state index in [1.807, 2.05) is 19.9 Å². The molecule has 1 spiro atoms. The Morgan fingerprint density at radius 3 is 2.42 bits per heavy atom. The van der Waals surface area contributed by atoms with Crippen molar-refractivity contribution in [3.8, 4) is 5.75 Å². The van der Waals surface area contributed by atoms with E-state index in [1.54, 1.807) is 7.11 Å². The van der Waals surface area contributed by atoms with Crippen LogP contribution in [0.4, 0.5) is 8.78 Å². The van der Waals surface area contributed by atoms with Crippen LogP contribution in [0.1, 0.15) is 87.3 Å². The monoisotopic (exact) mass is 531 g/mol. The average molecular weight is 532 g/mol. The van der Waals surface area contributed by atoms with Gasteiger partial charge in [-0.05, 0) is 68.6 Å². The predicted octanol–water partition coefficient (Wildman–Crippen LogP) is 5.04. The third-order valence-corrected chi connectivity index (χ3v) is 9.28. The Hall–Kier alpha value is -2.42. The van der Waals surface area contributed by atoms with E-state index in [1.165, 1.54) is 5.56 Å². The first-order chi connectivity index (χ1) is 18.1. The molecule has 6 rings (SSSR count). The number of rotatable bonds is 7. The number of amidine groups is 1. The van der Waals surface area contributed by atoms with Gasteiger partial charge < -0.3 is 19.2 Å². The van der Waals surface area contributed by atoms with E-state index in [0.717, 1.165) is 87.5 Å². The third-order valence-electron chi connectivity index (χ3n) is 9.28. The molecule has 3 heterocycles. The second-order valence-electron chi connectivity index (χ2n) is 12.4. The highest BCUT2D eigenvalue weighted by atomic mass is 19.3. The molecule has 208 valence electrons. The quantitative estimate of drug-likeness (QED) is 0.460. The van der Waals surface area contributed by atoms with Gasteiger partial charge in [0.05, 0.1) is 25.6 Å². The number of carbonyl (C=O) groups excluding carboxylic acids is 1. The van der Waals surface area contributed by atoms with Crippen molar-refractivity contribution >= 4 is 11.8 Å². The van der Waals surface area contributed by atoms with Crippen LogP contribution in [-0.2, 0) is 20.9 Å². The van der Waals surface area contributed by atoms with Crippen LogP contribution >= 0.6 is 0 Å². The third kappa shape index (κ3) is 4.75. The van der Waals surface area contributed by atoms with Crippen molar-refractivity contribution in [2.24, 2.45) is 10.6 Å². The molecule has 4 fully saturated rings. The zero-order valence-corrected chi connectivity index (χ0v) is 22.7. The van der Waals surface area contributed by atoms with Crippen LogP contribution < -0.4 is 4.74 Å². The summed E-state index contributed by atoms with van der Waals surface area (Å²) < 4.78 is 38.2. The van der Waals surface area contributed by atoms with E-state index in [4.69, 9.17) is 14.3 Å². The number of likely N-dealkylation sites (tertiary alicyclic amines) is 2. The zero-order valence-electron chi connectivity index (χ0n) is 22.7. The Balaban J connectivity index is 1.05. The van der Waals surface area contributed by atoms with Gasteiger partial charge in [0.1, 0.15) is 11.6 Å². The van der Waals surface area contributed by atoms with E-state index >= 15 is 0 Å². The van der Waals surface area contributed by atoms with E-state index < -0.39 is 11.3 Å². The number of hydrogen-bond acceptors (Lipinski definition) is 7. The van der Waals surface area contributed by atoms with E-state index in [9.17, 15) is 13.6 Å². The molecule has 0 atom stereocenters. The Kier molecular flexibility index (Phi) is 6.36. The molecule has 38 heavy (non-hydrogen) atoms. The number of hydrogen-bond donors (Lipinski definition) is 0. The number of benzene rings is 1. The molecule has 2 saturated carbocycles. The highest BCUT2D eigenvalue weighted by Gasteiger charge is 2.52. The van der Waals surface area contributed by atoms with Crippen LogP contribution in [0.5, 0.6) is 5.75 Å². The number of alkyl halides is 2. The summed E-state index contributed by atoms with van der Waals surface area (Å²) in [6.45, 7) is 8.12. The standard InChI is InChI=1S/C29H39F2N3O4/c1-4-37-26(35)27(2)7-9-34(10-8-27)25-15-28(38-32-25)17-33(18-28)16-20-11-22(19-5-6-19)23(12-24(20)36-3)21-13-29(30,31)14-21/h11-12,19,21H,4-10,13-18H2,1-3H3. The van der Waals surface area contributed by atoms with Gasteiger partial charge in [-0.3, -0.25) is 9.69 Å². The highest BCUT2D eigenvalue weighted by molar-refractivity contribution is 5.85. The van der Waals surface area contributed by atoms with Crippen molar-refractivity contribution in [1.82, 2.24) is 9.80 Å². The smallest absolute Gasteiger partial charge is 0.311 e. The lowest BCUT2D eigenvalue weighted by Crippen LogP contribution is -2.61. The molecule has 9 heteroatoms. The molecular formula is C29H39F2N3O4. The van der Waals surface area contributed by atoms with E-state index in [-0.39, 0.29) is 30.3 Å². The Morgan fingerprint density at radius 2 is 1.82 bits per heavy atom. The minimum atomic E-state index is -2.53. The molecule has 1 aromatic carbocycles. The summed E-state index contributed by atoms with van der Waals surface area (Å²) in [6, 6.07) is 4.26. The lowest BCUT2D eigenvalue weighted by atomic mass is 9.74. The summed E-state index contributed by atoms with van der Waals surface area (Å²) in [5, 5.41) is 4.46. The number of methoxy groups -OCH3 is 1. The number of carbonyl (C=O) groups is 1. The van der Waals surface area contributed by atoms with Crippen LogP contribution in [0.3, 0.4) is 0 Å². The van der Waals surface area contributed by atoms with Crippen molar-refractivity contribution in [2.45, 2.75) is 88.7 Å². The number of esters is 1. The largest absolute Gasteiger partial charge is 0.496 e. The maximum absolute atomic E-state index is 13.6. The molecule has 0 amide bonds. The summed E-state index contributed by atoms with van der Waals surface area (Å²) in [5.74, 6) is -0.428. The van der Waals surface area contributed by atoms with Gasteiger partial charge in [0.25, 0.3) is 0 Å². The van der Waals surface area contributed by atoms with Crippen LogP contribution in [0, 0.1) is 5.41 Å². The molecule has 0 radical (unpaired) electrons. The Morgan fingerprint density at radius 1 is 1.13 bits per heavy atom. The van der Waals surface area contributed by atoms with Crippen molar-refractivity contribution < 1.29 is 27.9 Å². The molecule has 2 saturated heterocycles. The minimum Gasteiger partial charge on any atom is -0.496 e. The second kappa shape index (κ2) is 9.35. The summed E-state index contributed by atoms with van der Waals surface area (Å²) >= 11 is 0. The van der Waals surface area contributed by atoms with Crippen LogP contribution in [0.2, 0.25) is 0 Å². The molecule has 0 bridgehead atoms. The fraction of sp³-hybridized carbons (Fsp3) is 0.724. The normalized spacial score (nSPS) is 25.8. The molecule has 7 nitrogen and oxygen atoms in total. The van der Waals surface area contributed by atoms with Gasteiger partial charge in [0.15, 0.2) is 5.60 Å². The predicted molar refractivity (Wildman–Crippen MR) is 139 cm³/mol. The Bertz CT molecular complexity index is 1110. The summed E-state index contributed by atoms with van der Waals surface area (Å²) in [5.41, 5.74) is 2.72.